The molecule has 0 aliphatic rings. The highest BCUT2D eigenvalue weighted by Gasteiger charge is 2.05. The van der Waals surface area contributed by atoms with Crippen molar-refractivity contribution in [1.82, 2.24) is 15.3 Å². The lowest BCUT2D eigenvalue weighted by Crippen LogP contribution is -2.22. The zero-order valence-corrected chi connectivity index (χ0v) is 10.7. The third-order valence-electron chi connectivity index (χ3n) is 2.24. The predicted molar refractivity (Wildman–Crippen MR) is 67.6 cm³/mol. The molecule has 1 rings (SSSR count). The summed E-state index contributed by atoms with van der Waals surface area (Å²) in [6.45, 7) is 8.33. The van der Waals surface area contributed by atoms with Crippen molar-refractivity contribution in [2.24, 2.45) is 0 Å². The zero-order valence-electron chi connectivity index (χ0n) is 10.7. The number of ether oxygens (including phenoxy) is 1. The number of H-pyrrole nitrogens is 1. The maximum absolute atomic E-state index is 11.4. The van der Waals surface area contributed by atoms with E-state index >= 15 is 0 Å². The van der Waals surface area contributed by atoms with Gasteiger partial charge in [0.15, 0.2) is 0 Å². The van der Waals surface area contributed by atoms with Crippen molar-refractivity contribution < 1.29 is 4.74 Å². The van der Waals surface area contributed by atoms with Gasteiger partial charge in [-0.25, -0.2) is 0 Å². The van der Waals surface area contributed by atoms with Crippen LogP contribution in [0.5, 0.6) is 5.88 Å². The van der Waals surface area contributed by atoms with Crippen LogP contribution in [0.2, 0.25) is 0 Å². The van der Waals surface area contributed by atoms with Gasteiger partial charge < -0.3 is 15.0 Å². The van der Waals surface area contributed by atoms with Crippen molar-refractivity contribution in [1.29, 1.82) is 0 Å². The molecule has 0 bridgehead atoms. The molecule has 2 N–H and O–H groups in total. The minimum atomic E-state index is -0.166. The molecule has 0 aliphatic carbocycles. The van der Waals surface area contributed by atoms with Crippen LogP contribution in [0.1, 0.15) is 38.9 Å². The molecule has 0 saturated heterocycles. The molecule has 0 radical (unpaired) electrons. The molecule has 1 heterocycles. The van der Waals surface area contributed by atoms with E-state index < -0.39 is 0 Å². The topological polar surface area (TPSA) is 67.0 Å². The van der Waals surface area contributed by atoms with Crippen molar-refractivity contribution in [2.75, 3.05) is 19.7 Å². The summed E-state index contributed by atoms with van der Waals surface area (Å²) in [7, 11) is 0. The molecule has 0 aromatic carbocycles. The Morgan fingerprint density at radius 3 is 2.88 bits per heavy atom. The molecule has 0 fully saturated rings. The lowest BCUT2D eigenvalue weighted by Gasteiger charge is -2.08. The minimum absolute atomic E-state index is 0.166. The molecule has 0 amide bonds. The Bertz CT molecular complexity index is 388. The zero-order chi connectivity index (χ0) is 12.7. The normalized spacial score (nSPS) is 10.8. The summed E-state index contributed by atoms with van der Waals surface area (Å²) in [5, 5.41) is 3.22. The summed E-state index contributed by atoms with van der Waals surface area (Å²) in [5.41, 5.74) is -0.166. The van der Waals surface area contributed by atoms with Crippen molar-refractivity contribution in [2.45, 2.75) is 33.1 Å². The van der Waals surface area contributed by atoms with Gasteiger partial charge >= 0.3 is 0 Å². The average molecular weight is 239 g/mol. The fourth-order valence-electron chi connectivity index (χ4n) is 1.33. The summed E-state index contributed by atoms with van der Waals surface area (Å²) < 4.78 is 5.43. The van der Waals surface area contributed by atoms with Crippen molar-refractivity contribution in [3.05, 3.63) is 22.2 Å². The fraction of sp³-hybridized carbons (Fsp3) is 0.667. The van der Waals surface area contributed by atoms with Crippen LogP contribution in [0.25, 0.3) is 0 Å². The number of rotatable bonds is 7. The molecule has 1 aromatic rings. The van der Waals surface area contributed by atoms with Gasteiger partial charge in [0.1, 0.15) is 12.4 Å². The van der Waals surface area contributed by atoms with Crippen LogP contribution in [-0.2, 0) is 0 Å². The van der Waals surface area contributed by atoms with E-state index in [9.17, 15) is 4.79 Å². The third kappa shape index (κ3) is 4.99. The Kier molecular flexibility index (Phi) is 5.69. The smallest absolute Gasteiger partial charge is 0.254 e. The molecule has 5 nitrogen and oxygen atoms in total. The Hall–Kier alpha value is -1.36. The predicted octanol–water partition coefficient (Wildman–Crippen LogP) is 1.27. The van der Waals surface area contributed by atoms with Gasteiger partial charge in [-0.3, -0.25) is 4.79 Å². The van der Waals surface area contributed by atoms with Gasteiger partial charge in [-0.05, 0) is 13.0 Å². The number of nitrogens with one attached hydrogen (secondary N) is 2. The van der Waals surface area contributed by atoms with E-state index in [2.05, 4.69) is 22.2 Å². The first-order valence-electron chi connectivity index (χ1n) is 6.08. The summed E-state index contributed by atoms with van der Waals surface area (Å²) in [5.74, 6) is 1.24. The second kappa shape index (κ2) is 7.06. The summed E-state index contributed by atoms with van der Waals surface area (Å²) >= 11 is 0. The van der Waals surface area contributed by atoms with Gasteiger partial charge in [0.05, 0.1) is 6.07 Å². The van der Waals surface area contributed by atoms with Gasteiger partial charge in [-0.15, -0.1) is 0 Å². The summed E-state index contributed by atoms with van der Waals surface area (Å²) in [6, 6.07) is 1.38. The second-order valence-corrected chi connectivity index (χ2v) is 4.22. The van der Waals surface area contributed by atoms with Crippen LogP contribution >= 0.6 is 0 Å². The fourth-order valence-corrected chi connectivity index (χ4v) is 1.33. The Labute approximate surface area is 102 Å². The molecule has 17 heavy (non-hydrogen) atoms. The molecule has 5 heteroatoms. The van der Waals surface area contributed by atoms with E-state index in [0.29, 0.717) is 18.3 Å². The second-order valence-electron chi connectivity index (χ2n) is 4.22. The van der Waals surface area contributed by atoms with Crippen LogP contribution in [0.4, 0.5) is 0 Å². The van der Waals surface area contributed by atoms with E-state index in [1.807, 2.05) is 13.8 Å². The van der Waals surface area contributed by atoms with E-state index in [-0.39, 0.29) is 11.5 Å². The molecular weight excluding hydrogens is 218 g/mol. The van der Waals surface area contributed by atoms with Crippen LogP contribution in [0, 0.1) is 0 Å². The molecule has 96 valence electrons. The van der Waals surface area contributed by atoms with Crippen molar-refractivity contribution >= 4 is 0 Å². The summed E-state index contributed by atoms with van der Waals surface area (Å²) in [6.07, 6.45) is 1.10. The van der Waals surface area contributed by atoms with E-state index in [1.165, 1.54) is 6.07 Å². The number of aromatic nitrogens is 2. The number of nitrogens with zero attached hydrogens (tertiary/aromatic N) is 1. The van der Waals surface area contributed by atoms with Gasteiger partial charge in [0.2, 0.25) is 5.88 Å². The lowest BCUT2D eigenvalue weighted by molar-refractivity contribution is 0.300. The van der Waals surface area contributed by atoms with Gasteiger partial charge in [-0.2, -0.15) is 4.98 Å². The Morgan fingerprint density at radius 1 is 1.47 bits per heavy atom. The Morgan fingerprint density at radius 2 is 2.24 bits per heavy atom. The quantitative estimate of drug-likeness (QED) is 0.703. The molecule has 0 aliphatic heterocycles. The van der Waals surface area contributed by atoms with Crippen molar-refractivity contribution in [3.63, 3.8) is 0 Å². The number of hydrogen-bond donors (Lipinski definition) is 2. The lowest BCUT2D eigenvalue weighted by atomic mass is 10.2. The molecule has 0 unspecified atom stereocenters. The maximum atomic E-state index is 11.4. The van der Waals surface area contributed by atoms with Crippen LogP contribution < -0.4 is 15.6 Å². The van der Waals surface area contributed by atoms with Gasteiger partial charge in [0.25, 0.3) is 5.56 Å². The first kappa shape index (κ1) is 13.7. The maximum Gasteiger partial charge on any atom is 0.254 e. The SMILES string of the molecule is CCCNCCOc1cc(=O)[nH]c(C(C)C)n1. The van der Waals surface area contributed by atoms with Crippen LogP contribution in [-0.4, -0.2) is 29.7 Å². The third-order valence-corrected chi connectivity index (χ3v) is 2.24. The highest BCUT2D eigenvalue weighted by molar-refractivity contribution is 5.10. The molecule has 0 spiro atoms. The molecule has 0 atom stereocenters. The highest BCUT2D eigenvalue weighted by Crippen LogP contribution is 2.10. The minimum Gasteiger partial charge on any atom is -0.476 e. The molecule has 1 aromatic heterocycles. The monoisotopic (exact) mass is 239 g/mol. The van der Waals surface area contributed by atoms with E-state index in [0.717, 1.165) is 19.5 Å². The number of aromatic amines is 1. The first-order chi connectivity index (χ1) is 8.13. The summed E-state index contributed by atoms with van der Waals surface area (Å²) in [4.78, 5) is 18.3. The van der Waals surface area contributed by atoms with Gasteiger partial charge in [0, 0.05) is 12.5 Å². The van der Waals surface area contributed by atoms with Crippen LogP contribution in [0.3, 0.4) is 0 Å². The average Bonchev–Trinajstić information content (AvgIpc) is 2.28. The highest BCUT2D eigenvalue weighted by atomic mass is 16.5. The van der Waals surface area contributed by atoms with Crippen molar-refractivity contribution in [3.8, 4) is 5.88 Å². The Balaban J connectivity index is 2.50. The molecule has 0 saturated carbocycles. The van der Waals surface area contributed by atoms with Gasteiger partial charge in [-0.1, -0.05) is 20.8 Å². The van der Waals surface area contributed by atoms with E-state index in [1.54, 1.807) is 0 Å². The van der Waals surface area contributed by atoms with Crippen LogP contribution in [0.15, 0.2) is 10.9 Å². The largest absolute Gasteiger partial charge is 0.476 e. The molecular formula is C12H21N3O2. The number of hydrogen-bond acceptors (Lipinski definition) is 4. The van der Waals surface area contributed by atoms with E-state index in [4.69, 9.17) is 4.74 Å². The first-order valence-corrected chi connectivity index (χ1v) is 6.08. The standard InChI is InChI=1S/C12H21N3O2/c1-4-5-13-6-7-17-11-8-10(16)14-12(15-11)9(2)3/h8-9,13H,4-7H2,1-3H3,(H,14,15,16).